The van der Waals surface area contributed by atoms with E-state index in [4.69, 9.17) is 10.5 Å². The van der Waals surface area contributed by atoms with E-state index >= 15 is 0 Å². The summed E-state index contributed by atoms with van der Waals surface area (Å²) in [5.74, 6) is 0.295. The van der Waals surface area contributed by atoms with E-state index in [1.54, 1.807) is 18.2 Å². The normalized spacial score (nSPS) is 11.8. The summed E-state index contributed by atoms with van der Waals surface area (Å²) in [5.41, 5.74) is 8.99. The van der Waals surface area contributed by atoms with E-state index in [0.717, 1.165) is 5.56 Å². The van der Waals surface area contributed by atoms with Crippen molar-refractivity contribution in [1.82, 2.24) is 5.32 Å². The summed E-state index contributed by atoms with van der Waals surface area (Å²) in [7, 11) is 1.52. The number of anilines is 1. The molecular formula is C17H20N2O2. The molecule has 0 spiro atoms. The van der Waals surface area contributed by atoms with Crippen molar-refractivity contribution >= 4 is 11.6 Å². The number of carbonyl (C=O) groups is 1. The SMILES string of the molecule is COc1cc(N)ccc1C(=O)N[C@@H](C)c1ccc(C)cc1. The minimum Gasteiger partial charge on any atom is -0.496 e. The molecule has 1 atom stereocenters. The number of hydrogen-bond donors (Lipinski definition) is 2. The van der Waals surface area contributed by atoms with Crippen molar-refractivity contribution in [3.05, 3.63) is 59.2 Å². The summed E-state index contributed by atoms with van der Waals surface area (Å²) in [4.78, 5) is 12.4. The molecule has 3 N–H and O–H groups in total. The Kier molecular flexibility index (Phi) is 4.48. The maximum absolute atomic E-state index is 12.4. The number of carbonyl (C=O) groups excluding carboxylic acids is 1. The second-order valence-electron chi connectivity index (χ2n) is 5.07. The molecule has 2 aromatic rings. The summed E-state index contributed by atoms with van der Waals surface area (Å²) < 4.78 is 5.21. The fourth-order valence-corrected chi connectivity index (χ4v) is 2.11. The average Bonchev–Trinajstić information content (AvgIpc) is 2.47. The van der Waals surface area contributed by atoms with Crippen molar-refractivity contribution in [1.29, 1.82) is 0 Å². The lowest BCUT2D eigenvalue weighted by atomic mass is 10.1. The molecule has 110 valence electrons. The van der Waals surface area contributed by atoms with Gasteiger partial charge in [-0.25, -0.2) is 0 Å². The first-order chi connectivity index (χ1) is 10.0. The van der Waals surface area contributed by atoms with Gasteiger partial charge < -0.3 is 15.8 Å². The van der Waals surface area contributed by atoms with E-state index in [1.807, 2.05) is 38.1 Å². The van der Waals surface area contributed by atoms with Crippen molar-refractivity contribution < 1.29 is 9.53 Å². The summed E-state index contributed by atoms with van der Waals surface area (Å²) >= 11 is 0. The zero-order valence-corrected chi connectivity index (χ0v) is 12.5. The quantitative estimate of drug-likeness (QED) is 0.848. The van der Waals surface area contributed by atoms with Crippen LogP contribution in [0, 0.1) is 6.92 Å². The second-order valence-corrected chi connectivity index (χ2v) is 5.07. The number of nitrogen functional groups attached to an aromatic ring is 1. The lowest BCUT2D eigenvalue weighted by Gasteiger charge is -2.16. The molecule has 0 saturated carbocycles. The van der Waals surface area contributed by atoms with Crippen LogP contribution < -0.4 is 15.8 Å². The highest BCUT2D eigenvalue weighted by molar-refractivity contribution is 5.97. The van der Waals surface area contributed by atoms with Gasteiger partial charge in [-0.1, -0.05) is 29.8 Å². The predicted molar refractivity (Wildman–Crippen MR) is 84.5 cm³/mol. The van der Waals surface area contributed by atoms with E-state index in [1.165, 1.54) is 12.7 Å². The van der Waals surface area contributed by atoms with Gasteiger partial charge in [-0.3, -0.25) is 4.79 Å². The monoisotopic (exact) mass is 284 g/mol. The molecule has 0 radical (unpaired) electrons. The van der Waals surface area contributed by atoms with Gasteiger partial charge in [0.25, 0.3) is 5.91 Å². The maximum Gasteiger partial charge on any atom is 0.255 e. The van der Waals surface area contributed by atoms with Gasteiger partial charge in [0.1, 0.15) is 5.75 Å². The van der Waals surface area contributed by atoms with E-state index < -0.39 is 0 Å². The predicted octanol–water partition coefficient (Wildman–Crippen LogP) is 3.08. The van der Waals surface area contributed by atoms with Crippen molar-refractivity contribution in [2.24, 2.45) is 0 Å². The molecule has 0 unspecified atom stereocenters. The largest absolute Gasteiger partial charge is 0.496 e. The Balaban J connectivity index is 2.16. The van der Waals surface area contributed by atoms with E-state index in [2.05, 4.69) is 5.32 Å². The first kappa shape index (κ1) is 14.9. The Bertz CT molecular complexity index is 636. The molecule has 21 heavy (non-hydrogen) atoms. The van der Waals surface area contributed by atoms with Crippen molar-refractivity contribution in [3.8, 4) is 5.75 Å². The average molecular weight is 284 g/mol. The molecule has 0 aliphatic carbocycles. The Morgan fingerprint density at radius 2 is 1.86 bits per heavy atom. The molecular weight excluding hydrogens is 264 g/mol. The highest BCUT2D eigenvalue weighted by Gasteiger charge is 2.15. The van der Waals surface area contributed by atoms with Crippen LogP contribution in [0.1, 0.15) is 34.5 Å². The zero-order valence-electron chi connectivity index (χ0n) is 12.5. The van der Waals surface area contributed by atoms with Crippen LogP contribution in [-0.4, -0.2) is 13.0 Å². The van der Waals surface area contributed by atoms with Crippen LogP contribution in [0.15, 0.2) is 42.5 Å². The van der Waals surface area contributed by atoms with Gasteiger partial charge in [-0.05, 0) is 31.5 Å². The molecule has 0 aliphatic rings. The topological polar surface area (TPSA) is 64.3 Å². The molecule has 4 heteroatoms. The Labute approximate surface area is 124 Å². The number of nitrogens with one attached hydrogen (secondary N) is 1. The first-order valence-corrected chi connectivity index (χ1v) is 6.82. The first-order valence-electron chi connectivity index (χ1n) is 6.82. The summed E-state index contributed by atoms with van der Waals surface area (Å²) in [6, 6.07) is 13.0. The van der Waals surface area contributed by atoms with Crippen LogP contribution in [0.4, 0.5) is 5.69 Å². The summed E-state index contributed by atoms with van der Waals surface area (Å²) in [6.45, 7) is 3.98. The fourth-order valence-electron chi connectivity index (χ4n) is 2.11. The minimum absolute atomic E-state index is 0.0830. The molecule has 2 rings (SSSR count). The summed E-state index contributed by atoms with van der Waals surface area (Å²) in [6.07, 6.45) is 0. The van der Waals surface area contributed by atoms with E-state index in [9.17, 15) is 4.79 Å². The highest BCUT2D eigenvalue weighted by atomic mass is 16.5. The number of amides is 1. The molecule has 0 fully saturated rings. The third kappa shape index (κ3) is 3.54. The number of benzene rings is 2. The lowest BCUT2D eigenvalue weighted by Crippen LogP contribution is -2.27. The number of nitrogens with two attached hydrogens (primary N) is 1. The lowest BCUT2D eigenvalue weighted by molar-refractivity contribution is 0.0937. The third-order valence-corrected chi connectivity index (χ3v) is 3.40. The van der Waals surface area contributed by atoms with Gasteiger partial charge >= 0.3 is 0 Å². The molecule has 0 heterocycles. The molecule has 0 saturated heterocycles. The van der Waals surface area contributed by atoms with Crippen LogP contribution in [0.25, 0.3) is 0 Å². The Hall–Kier alpha value is -2.49. The number of ether oxygens (including phenoxy) is 1. The van der Waals surface area contributed by atoms with Gasteiger partial charge in [0.15, 0.2) is 0 Å². The van der Waals surface area contributed by atoms with Gasteiger partial charge in [0.2, 0.25) is 0 Å². The molecule has 0 aliphatic heterocycles. The molecule has 0 bridgehead atoms. The van der Waals surface area contributed by atoms with Crippen LogP contribution >= 0.6 is 0 Å². The van der Waals surface area contributed by atoms with Crippen molar-refractivity contribution in [2.45, 2.75) is 19.9 Å². The van der Waals surface area contributed by atoms with Crippen molar-refractivity contribution in [3.63, 3.8) is 0 Å². The number of hydrogen-bond acceptors (Lipinski definition) is 3. The van der Waals surface area contributed by atoms with Crippen LogP contribution in [0.5, 0.6) is 5.75 Å². The number of aryl methyl sites for hydroxylation is 1. The molecule has 4 nitrogen and oxygen atoms in total. The smallest absolute Gasteiger partial charge is 0.255 e. The van der Waals surface area contributed by atoms with E-state index in [-0.39, 0.29) is 11.9 Å². The van der Waals surface area contributed by atoms with Gasteiger partial charge in [-0.15, -0.1) is 0 Å². The zero-order chi connectivity index (χ0) is 15.4. The Morgan fingerprint density at radius 1 is 1.19 bits per heavy atom. The molecule has 0 aromatic heterocycles. The standard InChI is InChI=1S/C17H20N2O2/c1-11-4-6-13(7-5-11)12(2)19-17(20)15-9-8-14(18)10-16(15)21-3/h4-10,12H,18H2,1-3H3,(H,19,20)/t12-/m0/s1. The van der Waals surface area contributed by atoms with Crippen LogP contribution in [0.2, 0.25) is 0 Å². The second kappa shape index (κ2) is 6.31. The van der Waals surface area contributed by atoms with Crippen LogP contribution in [0.3, 0.4) is 0 Å². The van der Waals surface area contributed by atoms with E-state index in [0.29, 0.717) is 17.0 Å². The van der Waals surface area contributed by atoms with Gasteiger partial charge in [0, 0.05) is 11.8 Å². The van der Waals surface area contributed by atoms with Crippen LogP contribution in [-0.2, 0) is 0 Å². The number of rotatable bonds is 4. The third-order valence-electron chi connectivity index (χ3n) is 3.40. The molecule has 2 aromatic carbocycles. The Morgan fingerprint density at radius 3 is 2.48 bits per heavy atom. The van der Waals surface area contributed by atoms with Crippen molar-refractivity contribution in [2.75, 3.05) is 12.8 Å². The minimum atomic E-state index is -0.181. The molecule has 1 amide bonds. The maximum atomic E-state index is 12.4. The number of methoxy groups -OCH3 is 1. The van der Waals surface area contributed by atoms with Gasteiger partial charge in [-0.2, -0.15) is 0 Å². The highest BCUT2D eigenvalue weighted by Crippen LogP contribution is 2.22. The fraction of sp³-hybridized carbons (Fsp3) is 0.235. The van der Waals surface area contributed by atoms with Gasteiger partial charge in [0.05, 0.1) is 18.7 Å². The summed E-state index contributed by atoms with van der Waals surface area (Å²) in [5, 5.41) is 2.97.